The Labute approximate surface area is 86.3 Å². The summed E-state index contributed by atoms with van der Waals surface area (Å²) in [5.41, 5.74) is 17.9. The Morgan fingerprint density at radius 3 is 2.80 bits per heavy atom. The molecule has 0 aliphatic heterocycles. The number of nitrogen functional groups attached to an aromatic ring is 2. The number of aryl methyl sites for hydroxylation is 1. The largest absolute Gasteiger partial charge is 0.382 e. The van der Waals surface area contributed by atoms with E-state index in [2.05, 4.69) is 15.0 Å². The van der Waals surface area contributed by atoms with Crippen molar-refractivity contribution in [1.82, 2.24) is 19.5 Å². The van der Waals surface area contributed by atoms with Gasteiger partial charge in [-0.05, 0) is 13.0 Å². The maximum atomic E-state index is 5.67. The third kappa shape index (κ3) is 1.68. The molecule has 0 aromatic carbocycles. The number of anilines is 2. The summed E-state index contributed by atoms with van der Waals surface area (Å²) in [6.45, 7) is 1.37. The van der Waals surface area contributed by atoms with Crippen molar-refractivity contribution in [2.45, 2.75) is 13.0 Å². The topological polar surface area (TPSA) is 122 Å². The third-order valence-corrected chi connectivity index (χ3v) is 2.11. The molecule has 0 aliphatic rings. The Kier molecular flexibility index (Phi) is 2.38. The van der Waals surface area contributed by atoms with Gasteiger partial charge in [-0.1, -0.05) is 0 Å². The summed E-state index contributed by atoms with van der Waals surface area (Å²) in [5.74, 6) is 0.471. The summed E-state index contributed by atoms with van der Waals surface area (Å²) in [7, 11) is 0. The van der Waals surface area contributed by atoms with Crippen molar-refractivity contribution in [2.75, 3.05) is 18.0 Å². The zero-order chi connectivity index (χ0) is 10.8. The average Bonchev–Trinajstić information content (AvgIpc) is 2.58. The van der Waals surface area contributed by atoms with E-state index >= 15 is 0 Å². The summed E-state index contributed by atoms with van der Waals surface area (Å²) < 4.78 is 1.87. The molecule has 0 radical (unpaired) electrons. The Bertz CT molecular complexity index is 475. The van der Waals surface area contributed by atoms with E-state index in [0.29, 0.717) is 23.5 Å². The van der Waals surface area contributed by atoms with E-state index < -0.39 is 0 Å². The van der Waals surface area contributed by atoms with Crippen LogP contribution in [-0.2, 0) is 6.54 Å². The fourth-order valence-corrected chi connectivity index (χ4v) is 1.41. The minimum absolute atomic E-state index is 0.162. The lowest BCUT2D eigenvalue weighted by molar-refractivity contribution is 0.661. The van der Waals surface area contributed by atoms with Gasteiger partial charge in [-0.3, -0.25) is 0 Å². The van der Waals surface area contributed by atoms with Gasteiger partial charge in [0.25, 0.3) is 0 Å². The minimum atomic E-state index is 0.162. The fourth-order valence-electron chi connectivity index (χ4n) is 1.41. The molecule has 0 unspecified atom stereocenters. The van der Waals surface area contributed by atoms with Crippen LogP contribution in [0.2, 0.25) is 0 Å². The van der Waals surface area contributed by atoms with Crippen LogP contribution < -0.4 is 17.2 Å². The number of hydrogen-bond donors (Lipinski definition) is 3. The zero-order valence-corrected chi connectivity index (χ0v) is 8.22. The highest BCUT2D eigenvalue weighted by atomic mass is 15.2. The predicted octanol–water partition coefficient (Wildman–Crippen LogP) is -0.660. The monoisotopic (exact) mass is 207 g/mol. The Hall–Kier alpha value is -1.89. The van der Waals surface area contributed by atoms with Crippen molar-refractivity contribution in [3.63, 3.8) is 0 Å². The van der Waals surface area contributed by atoms with Crippen LogP contribution in [0.5, 0.6) is 0 Å². The van der Waals surface area contributed by atoms with E-state index in [1.807, 2.05) is 4.57 Å². The van der Waals surface area contributed by atoms with Gasteiger partial charge in [-0.2, -0.15) is 9.97 Å². The van der Waals surface area contributed by atoms with Crippen LogP contribution in [0.3, 0.4) is 0 Å². The molecule has 2 aromatic heterocycles. The summed E-state index contributed by atoms with van der Waals surface area (Å²) in [6.07, 6.45) is 2.53. The van der Waals surface area contributed by atoms with Crippen molar-refractivity contribution in [1.29, 1.82) is 0 Å². The molecule has 0 saturated carbocycles. The highest BCUT2D eigenvalue weighted by Gasteiger charge is 2.09. The van der Waals surface area contributed by atoms with E-state index in [0.717, 1.165) is 13.0 Å². The molecule has 7 nitrogen and oxygen atoms in total. The molecular weight excluding hydrogens is 194 g/mol. The standard InChI is InChI=1S/C8H13N7/c9-2-1-3-15-4-12-5-6(10)13-8(11)14-7(5)15/h4H,1-3,9H2,(H4,10,11,13,14). The van der Waals surface area contributed by atoms with Gasteiger partial charge in [0.15, 0.2) is 11.5 Å². The molecule has 2 rings (SSSR count). The third-order valence-electron chi connectivity index (χ3n) is 2.11. The number of hydrogen-bond acceptors (Lipinski definition) is 6. The second-order valence-corrected chi connectivity index (χ2v) is 3.22. The van der Waals surface area contributed by atoms with Crippen molar-refractivity contribution in [3.8, 4) is 0 Å². The zero-order valence-electron chi connectivity index (χ0n) is 8.22. The minimum Gasteiger partial charge on any atom is -0.382 e. The number of fused-ring (bicyclic) bond motifs is 1. The van der Waals surface area contributed by atoms with Gasteiger partial charge in [0, 0.05) is 6.54 Å². The van der Waals surface area contributed by atoms with Crippen LogP contribution in [0.25, 0.3) is 11.2 Å². The smallest absolute Gasteiger partial charge is 0.224 e. The van der Waals surface area contributed by atoms with Crippen LogP contribution in [-0.4, -0.2) is 26.1 Å². The van der Waals surface area contributed by atoms with E-state index in [4.69, 9.17) is 17.2 Å². The number of nitrogens with zero attached hydrogens (tertiary/aromatic N) is 4. The van der Waals surface area contributed by atoms with Gasteiger partial charge in [0.1, 0.15) is 5.52 Å². The van der Waals surface area contributed by atoms with Crippen molar-refractivity contribution in [3.05, 3.63) is 6.33 Å². The Morgan fingerprint density at radius 1 is 1.27 bits per heavy atom. The normalized spacial score (nSPS) is 11.0. The van der Waals surface area contributed by atoms with E-state index in [-0.39, 0.29) is 5.95 Å². The lowest BCUT2D eigenvalue weighted by atomic mass is 10.4. The molecule has 6 N–H and O–H groups in total. The molecular formula is C8H13N7. The molecule has 2 heterocycles. The van der Waals surface area contributed by atoms with Crippen LogP contribution >= 0.6 is 0 Å². The molecule has 2 aromatic rings. The van der Waals surface area contributed by atoms with Gasteiger partial charge < -0.3 is 21.8 Å². The number of nitrogens with two attached hydrogens (primary N) is 3. The number of aromatic nitrogens is 4. The second-order valence-electron chi connectivity index (χ2n) is 3.22. The van der Waals surface area contributed by atoms with E-state index in [1.54, 1.807) is 6.33 Å². The molecule has 80 valence electrons. The highest BCUT2D eigenvalue weighted by molar-refractivity contribution is 5.82. The molecule has 15 heavy (non-hydrogen) atoms. The van der Waals surface area contributed by atoms with E-state index in [9.17, 15) is 0 Å². The Balaban J connectivity index is 2.49. The molecule has 0 bridgehead atoms. The van der Waals surface area contributed by atoms with Crippen molar-refractivity contribution >= 4 is 22.9 Å². The Morgan fingerprint density at radius 2 is 2.07 bits per heavy atom. The lowest BCUT2D eigenvalue weighted by Crippen LogP contribution is -2.07. The first-order valence-electron chi connectivity index (χ1n) is 4.66. The molecule has 0 fully saturated rings. The van der Waals surface area contributed by atoms with Gasteiger partial charge in [-0.25, -0.2) is 4.98 Å². The van der Waals surface area contributed by atoms with Crippen LogP contribution in [0, 0.1) is 0 Å². The number of imidazole rings is 1. The van der Waals surface area contributed by atoms with Crippen LogP contribution in [0.4, 0.5) is 11.8 Å². The van der Waals surface area contributed by atoms with Crippen molar-refractivity contribution < 1.29 is 0 Å². The first-order chi connectivity index (χ1) is 7.22. The SMILES string of the molecule is NCCCn1cnc2c(N)nc(N)nc21. The second kappa shape index (κ2) is 3.70. The predicted molar refractivity (Wildman–Crippen MR) is 57.8 cm³/mol. The quantitative estimate of drug-likeness (QED) is 0.614. The first kappa shape index (κ1) is 9.66. The van der Waals surface area contributed by atoms with Crippen LogP contribution in [0.1, 0.15) is 6.42 Å². The maximum absolute atomic E-state index is 5.67. The van der Waals surface area contributed by atoms with Gasteiger partial charge in [0.05, 0.1) is 6.33 Å². The van der Waals surface area contributed by atoms with Gasteiger partial charge >= 0.3 is 0 Å². The van der Waals surface area contributed by atoms with E-state index in [1.165, 1.54) is 0 Å². The molecule has 0 amide bonds. The van der Waals surface area contributed by atoms with Gasteiger partial charge in [-0.15, -0.1) is 0 Å². The molecule has 0 aliphatic carbocycles. The summed E-state index contributed by atoms with van der Waals surface area (Å²) in [4.78, 5) is 12.1. The lowest BCUT2D eigenvalue weighted by Gasteiger charge is -2.02. The fraction of sp³-hybridized carbons (Fsp3) is 0.375. The summed E-state index contributed by atoms with van der Waals surface area (Å²) >= 11 is 0. The molecule has 0 atom stereocenters. The highest BCUT2D eigenvalue weighted by Crippen LogP contribution is 2.16. The molecule has 0 spiro atoms. The summed E-state index contributed by atoms with van der Waals surface area (Å²) in [6, 6.07) is 0. The van der Waals surface area contributed by atoms with Crippen LogP contribution in [0.15, 0.2) is 6.33 Å². The number of rotatable bonds is 3. The average molecular weight is 207 g/mol. The van der Waals surface area contributed by atoms with Gasteiger partial charge in [0.2, 0.25) is 5.95 Å². The molecule has 0 saturated heterocycles. The first-order valence-corrected chi connectivity index (χ1v) is 4.66. The van der Waals surface area contributed by atoms with Crippen molar-refractivity contribution in [2.24, 2.45) is 5.73 Å². The summed E-state index contributed by atoms with van der Waals surface area (Å²) in [5, 5.41) is 0. The molecule has 7 heteroatoms. The maximum Gasteiger partial charge on any atom is 0.224 e.